The van der Waals surface area contributed by atoms with E-state index in [9.17, 15) is 0 Å². The van der Waals surface area contributed by atoms with Gasteiger partial charge in [0.25, 0.3) is 0 Å². The van der Waals surface area contributed by atoms with Crippen molar-refractivity contribution in [1.82, 2.24) is 9.38 Å². The molecule has 2 aromatic heterocycles. The molecule has 0 aliphatic carbocycles. The summed E-state index contributed by atoms with van der Waals surface area (Å²) in [5, 5.41) is 3.40. The smallest absolute Gasteiger partial charge is 0.137 e. The molecule has 0 spiro atoms. The molecule has 0 radical (unpaired) electrons. The predicted octanol–water partition coefficient (Wildman–Crippen LogP) is 4.02. The minimum Gasteiger partial charge on any atom is -0.379 e. The van der Waals surface area contributed by atoms with Crippen molar-refractivity contribution in [3.05, 3.63) is 64.5 Å². The number of pyridine rings is 1. The Hall–Kier alpha value is -1.81. The monoisotopic (exact) mass is 315 g/mol. The summed E-state index contributed by atoms with van der Waals surface area (Å²) in [6.45, 7) is 2.80. The fourth-order valence-electron chi connectivity index (χ4n) is 2.10. The first-order valence-electron chi connectivity index (χ1n) is 6.14. The molecule has 0 aliphatic heterocycles. The molecule has 2 heterocycles. The third-order valence-electron chi connectivity index (χ3n) is 2.93. The Bertz CT molecular complexity index is 665. The Balaban J connectivity index is 1.78. The van der Waals surface area contributed by atoms with Crippen molar-refractivity contribution >= 4 is 27.3 Å². The molecule has 1 N–H and O–H groups in total. The van der Waals surface area contributed by atoms with Crippen LogP contribution in [0, 0.1) is 6.92 Å². The Morgan fingerprint density at radius 3 is 2.95 bits per heavy atom. The van der Waals surface area contributed by atoms with E-state index in [0.29, 0.717) is 0 Å². The first kappa shape index (κ1) is 12.2. The van der Waals surface area contributed by atoms with Gasteiger partial charge in [-0.3, -0.25) is 0 Å². The zero-order chi connectivity index (χ0) is 13.2. The van der Waals surface area contributed by atoms with E-state index in [0.717, 1.165) is 28.0 Å². The third kappa shape index (κ3) is 2.79. The second kappa shape index (κ2) is 5.05. The lowest BCUT2D eigenvalue weighted by atomic mass is 10.2. The van der Waals surface area contributed by atoms with Crippen LogP contribution in [-0.2, 0) is 6.54 Å². The van der Waals surface area contributed by atoms with Crippen molar-refractivity contribution in [1.29, 1.82) is 0 Å². The summed E-state index contributed by atoms with van der Waals surface area (Å²) in [6.07, 6.45) is 4.06. The van der Waals surface area contributed by atoms with Gasteiger partial charge in [0.15, 0.2) is 0 Å². The highest BCUT2D eigenvalue weighted by Gasteiger charge is 2.01. The van der Waals surface area contributed by atoms with Gasteiger partial charge in [0.2, 0.25) is 0 Å². The predicted molar refractivity (Wildman–Crippen MR) is 81.4 cm³/mol. The second-order valence-electron chi connectivity index (χ2n) is 4.57. The number of benzene rings is 1. The van der Waals surface area contributed by atoms with Crippen LogP contribution in [0.2, 0.25) is 0 Å². The van der Waals surface area contributed by atoms with Crippen LogP contribution in [0.15, 0.2) is 53.3 Å². The maximum absolute atomic E-state index is 4.56. The van der Waals surface area contributed by atoms with Gasteiger partial charge in [-0.2, -0.15) is 0 Å². The van der Waals surface area contributed by atoms with Crippen molar-refractivity contribution in [2.45, 2.75) is 13.5 Å². The van der Waals surface area contributed by atoms with Crippen LogP contribution in [-0.4, -0.2) is 9.38 Å². The fraction of sp³-hybridized carbons (Fsp3) is 0.133. The molecule has 96 valence electrons. The van der Waals surface area contributed by atoms with Crippen LogP contribution in [0.25, 0.3) is 5.65 Å². The molecule has 0 amide bonds. The summed E-state index contributed by atoms with van der Waals surface area (Å²) in [4.78, 5) is 4.56. The number of nitrogens with zero attached hydrogens (tertiary/aromatic N) is 2. The van der Waals surface area contributed by atoms with E-state index < -0.39 is 0 Å². The molecule has 0 fully saturated rings. The number of anilines is 1. The topological polar surface area (TPSA) is 29.3 Å². The van der Waals surface area contributed by atoms with E-state index in [1.807, 2.05) is 35.0 Å². The summed E-state index contributed by atoms with van der Waals surface area (Å²) < 4.78 is 3.12. The van der Waals surface area contributed by atoms with Crippen LogP contribution in [0.1, 0.15) is 11.3 Å². The summed E-state index contributed by atoms with van der Waals surface area (Å²) in [5.41, 5.74) is 4.34. The molecule has 3 nitrogen and oxygen atoms in total. The molecule has 1 aromatic carbocycles. The van der Waals surface area contributed by atoms with Crippen molar-refractivity contribution in [3.8, 4) is 0 Å². The molecule has 0 unspecified atom stereocenters. The van der Waals surface area contributed by atoms with E-state index in [4.69, 9.17) is 0 Å². The number of hydrogen-bond donors (Lipinski definition) is 1. The molecule has 4 heteroatoms. The van der Waals surface area contributed by atoms with Gasteiger partial charge in [0.05, 0.1) is 12.2 Å². The van der Waals surface area contributed by atoms with Crippen LogP contribution in [0.3, 0.4) is 0 Å². The highest BCUT2D eigenvalue weighted by atomic mass is 79.9. The average molecular weight is 316 g/mol. The first-order chi connectivity index (χ1) is 9.20. The molecular weight excluding hydrogens is 302 g/mol. The summed E-state index contributed by atoms with van der Waals surface area (Å²) >= 11 is 3.51. The summed E-state index contributed by atoms with van der Waals surface area (Å²) in [7, 11) is 0. The summed E-state index contributed by atoms with van der Waals surface area (Å²) in [5.74, 6) is 0. The maximum Gasteiger partial charge on any atom is 0.137 e. The van der Waals surface area contributed by atoms with Gasteiger partial charge in [-0.15, -0.1) is 0 Å². The van der Waals surface area contributed by atoms with E-state index in [1.165, 1.54) is 5.56 Å². The van der Waals surface area contributed by atoms with Gasteiger partial charge in [-0.25, -0.2) is 4.98 Å². The lowest BCUT2D eigenvalue weighted by molar-refractivity contribution is 1.08. The number of nitrogens with one attached hydrogen (secondary N) is 1. The van der Waals surface area contributed by atoms with Gasteiger partial charge in [-0.1, -0.05) is 22.0 Å². The molecule has 0 saturated heterocycles. The number of halogens is 1. The zero-order valence-electron chi connectivity index (χ0n) is 10.6. The SMILES string of the molecule is Cc1cc(Br)cc(NCc2cn3ccccc3n2)c1. The molecule has 3 rings (SSSR count). The van der Waals surface area contributed by atoms with Gasteiger partial charge in [0, 0.05) is 22.6 Å². The minimum atomic E-state index is 0.720. The van der Waals surface area contributed by atoms with Crippen LogP contribution < -0.4 is 5.32 Å². The molecule has 3 aromatic rings. The normalized spacial score (nSPS) is 10.8. The van der Waals surface area contributed by atoms with Crippen molar-refractivity contribution in [2.24, 2.45) is 0 Å². The lowest BCUT2D eigenvalue weighted by Gasteiger charge is -2.06. The van der Waals surface area contributed by atoms with Gasteiger partial charge in [-0.05, 0) is 42.8 Å². The highest BCUT2D eigenvalue weighted by Crippen LogP contribution is 2.19. The summed E-state index contributed by atoms with van der Waals surface area (Å²) in [6, 6.07) is 12.3. The van der Waals surface area contributed by atoms with E-state index >= 15 is 0 Å². The second-order valence-corrected chi connectivity index (χ2v) is 5.48. The average Bonchev–Trinajstić information content (AvgIpc) is 2.78. The standard InChI is InChI=1S/C15H14BrN3/c1-11-6-12(16)8-13(7-11)17-9-14-10-19-5-3-2-4-15(19)18-14/h2-8,10,17H,9H2,1H3. The molecule has 19 heavy (non-hydrogen) atoms. The van der Waals surface area contributed by atoms with Crippen LogP contribution in [0.4, 0.5) is 5.69 Å². The fourth-order valence-corrected chi connectivity index (χ4v) is 2.71. The molecule has 0 atom stereocenters. The number of hydrogen-bond acceptors (Lipinski definition) is 2. The number of fused-ring (bicyclic) bond motifs is 1. The third-order valence-corrected chi connectivity index (χ3v) is 3.39. The first-order valence-corrected chi connectivity index (χ1v) is 6.94. The molecular formula is C15H14BrN3. The number of aryl methyl sites for hydroxylation is 1. The van der Waals surface area contributed by atoms with Crippen molar-refractivity contribution < 1.29 is 0 Å². The number of imidazole rings is 1. The van der Waals surface area contributed by atoms with Crippen LogP contribution in [0.5, 0.6) is 0 Å². The van der Waals surface area contributed by atoms with Crippen molar-refractivity contribution in [3.63, 3.8) is 0 Å². The van der Waals surface area contributed by atoms with Gasteiger partial charge < -0.3 is 9.72 Å². The van der Waals surface area contributed by atoms with E-state index in [2.05, 4.69) is 51.4 Å². The lowest BCUT2D eigenvalue weighted by Crippen LogP contribution is -1.99. The number of rotatable bonds is 3. The largest absolute Gasteiger partial charge is 0.379 e. The zero-order valence-corrected chi connectivity index (χ0v) is 12.2. The van der Waals surface area contributed by atoms with Crippen LogP contribution >= 0.6 is 15.9 Å². The maximum atomic E-state index is 4.56. The quantitative estimate of drug-likeness (QED) is 0.791. The Morgan fingerprint density at radius 2 is 2.16 bits per heavy atom. The van der Waals surface area contributed by atoms with Gasteiger partial charge >= 0.3 is 0 Å². The Morgan fingerprint density at radius 1 is 1.26 bits per heavy atom. The molecule has 0 aliphatic rings. The van der Waals surface area contributed by atoms with E-state index in [1.54, 1.807) is 0 Å². The minimum absolute atomic E-state index is 0.720. The number of aromatic nitrogens is 2. The Kier molecular flexibility index (Phi) is 3.25. The van der Waals surface area contributed by atoms with Crippen molar-refractivity contribution in [2.75, 3.05) is 5.32 Å². The Labute approximate surface area is 120 Å². The van der Waals surface area contributed by atoms with Gasteiger partial charge in [0.1, 0.15) is 5.65 Å². The highest BCUT2D eigenvalue weighted by molar-refractivity contribution is 9.10. The molecule has 0 bridgehead atoms. The van der Waals surface area contributed by atoms with E-state index in [-0.39, 0.29) is 0 Å². The molecule has 0 saturated carbocycles.